The van der Waals surface area contributed by atoms with Crippen LogP contribution in [0.3, 0.4) is 0 Å². The van der Waals surface area contributed by atoms with E-state index in [1.807, 2.05) is 0 Å². The monoisotopic (exact) mass is 512 g/mol. The number of halogens is 5. The Bertz CT molecular complexity index is 1320. The van der Waals surface area contributed by atoms with Gasteiger partial charge in [0.2, 0.25) is 0 Å². The minimum Gasteiger partial charge on any atom is -0.487 e. The van der Waals surface area contributed by atoms with Gasteiger partial charge in [-0.3, -0.25) is 9.78 Å². The van der Waals surface area contributed by atoms with Crippen LogP contribution in [0.2, 0.25) is 5.02 Å². The highest BCUT2D eigenvalue weighted by molar-refractivity contribution is 6.34. The summed E-state index contributed by atoms with van der Waals surface area (Å²) in [6.07, 6.45) is 0.0532. The lowest BCUT2D eigenvalue weighted by atomic mass is 10.1. The maximum atomic E-state index is 14.9. The van der Waals surface area contributed by atoms with Gasteiger partial charge in [0, 0.05) is 29.8 Å². The fourth-order valence-corrected chi connectivity index (χ4v) is 3.33. The number of hydrogen-bond donors (Lipinski definition) is 3. The fourth-order valence-electron chi connectivity index (χ4n) is 3.15. The van der Waals surface area contributed by atoms with Gasteiger partial charge in [0.1, 0.15) is 23.1 Å². The third kappa shape index (κ3) is 5.48. The van der Waals surface area contributed by atoms with E-state index in [1.54, 1.807) is 0 Å². The number of benzene rings is 2. The number of urea groups is 1. The predicted octanol–water partition coefficient (Wildman–Crippen LogP) is 4.99. The number of nitrogens with zero attached hydrogens (tertiary/aromatic N) is 1. The van der Waals surface area contributed by atoms with Crippen molar-refractivity contribution in [1.82, 2.24) is 10.3 Å². The summed E-state index contributed by atoms with van der Waals surface area (Å²) < 4.78 is 65.2. The zero-order chi connectivity index (χ0) is 25.3. The molecule has 184 valence electrons. The minimum absolute atomic E-state index is 0.0117. The molecule has 0 radical (unpaired) electrons. The summed E-state index contributed by atoms with van der Waals surface area (Å²) in [5.41, 5.74) is 4.87. The quantitative estimate of drug-likeness (QED) is 0.291. The molecule has 3 amide bonds. The van der Waals surface area contributed by atoms with Gasteiger partial charge in [0.25, 0.3) is 12.3 Å². The molecule has 4 rings (SSSR count). The van der Waals surface area contributed by atoms with E-state index in [0.29, 0.717) is 0 Å². The number of carbonyl (C=O) groups is 2. The molecule has 1 aliphatic rings. The van der Waals surface area contributed by atoms with E-state index in [9.17, 15) is 27.2 Å². The van der Waals surface area contributed by atoms with Crippen LogP contribution in [0, 0.1) is 11.6 Å². The van der Waals surface area contributed by atoms with Crippen molar-refractivity contribution >= 4 is 40.1 Å². The first kappa shape index (κ1) is 24.3. The summed E-state index contributed by atoms with van der Waals surface area (Å²) >= 11 is 5.98. The molecule has 8 nitrogen and oxygen atoms in total. The van der Waals surface area contributed by atoms with E-state index < -0.39 is 47.4 Å². The van der Waals surface area contributed by atoms with Crippen LogP contribution in [-0.2, 0) is 0 Å². The van der Waals surface area contributed by atoms with Crippen LogP contribution in [0.4, 0.5) is 28.0 Å². The average molecular weight is 513 g/mol. The normalized spacial score (nSPS) is 13.1. The number of pyridine rings is 1. The van der Waals surface area contributed by atoms with Crippen molar-refractivity contribution in [3.05, 3.63) is 52.7 Å². The van der Waals surface area contributed by atoms with E-state index in [0.717, 1.165) is 25.0 Å². The third-order valence-corrected chi connectivity index (χ3v) is 5.29. The molecule has 2 aromatic carbocycles. The molecule has 0 unspecified atom stereocenters. The van der Waals surface area contributed by atoms with Crippen LogP contribution in [0.5, 0.6) is 17.2 Å². The van der Waals surface area contributed by atoms with E-state index in [-0.39, 0.29) is 39.7 Å². The number of primary amides is 1. The van der Waals surface area contributed by atoms with Gasteiger partial charge in [-0.1, -0.05) is 11.6 Å². The summed E-state index contributed by atoms with van der Waals surface area (Å²) in [6, 6.07) is 3.73. The number of alkyl halides is 2. The van der Waals surface area contributed by atoms with Gasteiger partial charge in [0.05, 0.1) is 16.8 Å². The molecule has 1 aliphatic carbocycles. The number of fused-ring (bicyclic) bond motifs is 1. The van der Waals surface area contributed by atoms with Crippen LogP contribution >= 0.6 is 11.6 Å². The second-order valence-corrected chi connectivity index (χ2v) is 7.96. The third-order valence-electron chi connectivity index (χ3n) is 4.92. The number of ether oxygens (including phenoxy) is 2. The summed E-state index contributed by atoms with van der Waals surface area (Å²) in [7, 11) is 0. The van der Waals surface area contributed by atoms with Crippen LogP contribution < -0.4 is 25.8 Å². The molecule has 1 fully saturated rings. The topological polar surface area (TPSA) is 116 Å². The number of rotatable bonds is 8. The molecule has 1 aromatic heterocycles. The zero-order valence-corrected chi connectivity index (χ0v) is 18.5. The second kappa shape index (κ2) is 9.82. The Kier molecular flexibility index (Phi) is 6.83. The molecule has 0 atom stereocenters. The predicted molar refractivity (Wildman–Crippen MR) is 118 cm³/mol. The van der Waals surface area contributed by atoms with Crippen molar-refractivity contribution in [2.75, 3.05) is 11.9 Å². The van der Waals surface area contributed by atoms with Gasteiger partial charge in [-0.25, -0.2) is 22.4 Å². The Labute approximate surface area is 200 Å². The van der Waals surface area contributed by atoms with Gasteiger partial charge in [-0.2, -0.15) is 0 Å². The average Bonchev–Trinajstić information content (AvgIpc) is 3.61. The molecule has 35 heavy (non-hydrogen) atoms. The van der Waals surface area contributed by atoms with Crippen LogP contribution in [0.15, 0.2) is 30.5 Å². The molecule has 1 heterocycles. The molecule has 13 heteroatoms. The van der Waals surface area contributed by atoms with Gasteiger partial charge >= 0.3 is 6.03 Å². The standard InChI is InChI=1S/C22H17ClF4N4O4/c23-18-14(31-22(33)30-9-1-2-9)6-12(24)20(19(18)27)35-15-3-4-29-13-7-16(34-8-17(25)26)11(21(28)32)5-10(13)15/h3-7,9,17H,1-2,8H2,(H2,28,32)(H2,30,31,33). The molecule has 0 bridgehead atoms. The Balaban J connectivity index is 1.68. The van der Waals surface area contributed by atoms with Gasteiger partial charge in [-0.05, 0) is 25.0 Å². The number of amides is 3. The number of carbonyl (C=O) groups excluding carboxylic acids is 2. The number of nitrogens with two attached hydrogens (primary N) is 1. The van der Waals surface area contributed by atoms with Crippen molar-refractivity contribution in [2.45, 2.75) is 25.3 Å². The van der Waals surface area contributed by atoms with E-state index in [2.05, 4.69) is 15.6 Å². The van der Waals surface area contributed by atoms with Crippen molar-refractivity contribution < 1.29 is 36.6 Å². The number of aromatic nitrogens is 1. The molecule has 0 aliphatic heterocycles. The summed E-state index contributed by atoms with van der Waals surface area (Å²) in [6.45, 7) is -0.990. The molecular formula is C22H17ClF4N4O4. The number of nitrogens with one attached hydrogen (secondary N) is 2. The largest absolute Gasteiger partial charge is 0.487 e. The Morgan fingerprint density at radius 2 is 1.94 bits per heavy atom. The number of hydrogen-bond acceptors (Lipinski definition) is 5. The number of anilines is 1. The first-order valence-corrected chi connectivity index (χ1v) is 10.6. The van der Waals surface area contributed by atoms with E-state index >= 15 is 0 Å². The Morgan fingerprint density at radius 1 is 1.20 bits per heavy atom. The van der Waals surface area contributed by atoms with Gasteiger partial charge < -0.3 is 25.8 Å². The maximum Gasteiger partial charge on any atom is 0.319 e. The maximum absolute atomic E-state index is 14.9. The minimum atomic E-state index is -2.80. The smallest absolute Gasteiger partial charge is 0.319 e. The van der Waals surface area contributed by atoms with Crippen molar-refractivity contribution in [1.29, 1.82) is 0 Å². The molecule has 0 saturated heterocycles. The molecular weight excluding hydrogens is 496 g/mol. The summed E-state index contributed by atoms with van der Waals surface area (Å²) in [4.78, 5) is 27.8. The van der Waals surface area contributed by atoms with Crippen LogP contribution in [0.25, 0.3) is 10.9 Å². The highest BCUT2D eigenvalue weighted by Gasteiger charge is 2.26. The van der Waals surface area contributed by atoms with Crippen molar-refractivity contribution in [3.8, 4) is 17.2 Å². The lowest BCUT2D eigenvalue weighted by Crippen LogP contribution is -2.30. The Hall–Kier alpha value is -3.80. The SMILES string of the molecule is NC(=O)c1cc2c(Oc3c(F)cc(NC(=O)NC4CC4)c(Cl)c3F)ccnc2cc1OCC(F)F. The van der Waals surface area contributed by atoms with Gasteiger partial charge in [0.15, 0.2) is 17.4 Å². The van der Waals surface area contributed by atoms with Crippen molar-refractivity contribution in [2.24, 2.45) is 5.73 Å². The molecule has 1 saturated carbocycles. The lowest BCUT2D eigenvalue weighted by molar-refractivity contribution is 0.0802. The first-order valence-electron chi connectivity index (χ1n) is 10.2. The van der Waals surface area contributed by atoms with Crippen LogP contribution in [-0.4, -0.2) is 36.0 Å². The highest BCUT2D eigenvalue weighted by Crippen LogP contribution is 2.39. The lowest BCUT2D eigenvalue weighted by Gasteiger charge is -2.15. The molecule has 4 N–H and O–H groups in total. The molecule has 3 aromatic rings. The molecule has 0 spiro atoms. The fraction of sp³-hybridized carbons (Fsp3) is 0.227. The van der Waals surface area contributed by atoms with Crippen LogP contribution in [0.1, 0.15) is 23.2 Å². The zero-order valence-electron chi connectivity index (χ0n) is 17.7. The second-order valence-electron chi connectivity index (χ2n) is 7.58. The van der Waals surface area contributed by atoms with E-state index in [1.165, 1.54) is 18.3 Å². The van der Waals surface area contributed by atoms with E-state index in [4.69, 9.17) is 26.8 Å². The summed E-state index contributed by atoms with van der Waals surface area (Å²) in [5.74, 6) is -4.72. The Morgan fingerprint density at radius 3 is 2.60 bits per heavy atom. The first-order chi connectivity index (χ1) is 16.6. The van der Waals surface area contributed by atoms with Crippen molar-refractivity contribution in [3.63, 3.8) is 0 Å². The summed E-state index contributed by atoms with van der Waals surface area (Å²) in [5, 5.41) is 4.38. The highest BCUT2D eigenvalue weighted by atomic mass is 35.5. The van der Waals surface area contributed by atoms with Gasteiger partial charge in [-0.15, -0.1) is 0 Å².